The monoisotopic (exact) mass is 320 g/mol. The largest absolute Gasteiger partial charge is 0.345 e. The van der Waals surface area contributed by atoms with Gasteiger partial charge in [0.2, 0.25) is 0 Å². The first-order valence-corrected chi connectivity index (χ1v) is 8.20. The molecule has 0 aliphatic rings. The van der Waals surface area contributed by atoms with Crippen molar-refractivity contribution < 1.29 is 4.79 Å². The fraction of sp³-hybridized carbons (Fsp3) is 0.250. The second-order valence-electron chi connectivity index (χ2n) is 4.74. The number of rotatable bonds is 4. The number of hydrogen-bond acceptors (Lipinski definition) is 3. The first-order valence-electron chi connectivity index (χ1n) is 6.60. The van der Waals surface area contributed by atoms with Gasteiger partial charge in [0, 0.05) is 0 Å². The van der Waals surface area contributed by atoms with Crippen molar-refractivity contribution in [3.8, 4) is 0 Å². The van der Waals surface area contributed by atoms with Gasteiger partial charge >= 0.3 is 0 Å². The average molecular weight is 321 g/mol. The molecule has 2 aromatic rings. The highest BCUT2D eigenvalue weighted by molar-refractivity contribution is 7.98. The summed E-state index contributed by atoms with van der Waals surface area (Å²) in [6, 6.07) is 11.3. The van der Waals surface area contributed by atoms with Crippen LogP contribution < -0.4 is 5.32 Å². The summed E-state index contributed by atoms with van der Waals surface area (Å²) in [5, 5.41) is 4.04. The lowest BCUT2D eigenvalue weighted by atomic mass is 10.0. The highest BCUT2D eigenvalue weighted by Crippen LogP contribution is 2.22. The van der Waals surface area contributed by atoms with E-state index in [1.165, 1.54) is 11.8 Å². The van der Waals surface area contributed by atoms with Crippen molar-refractivity contribution in [2.75, 3.05) is 6.26 Å². The maximum atomic E-state index is 12.4. The third-order valence-electron chi connectivity index (χ3n) is 3.27. The molecule has 0 saturated heterocycles. The van der Waals surface area contributed by atoms with Crippen LogP contribution in [0.4, 0.5) is 0 Å². The topological polar surface area (TPSA) is 42.0 Å². The molecule has 5 heteroatoms. The maximum Gasteiger partial charge on any atom is 0.254 e. The Kier molecular flexibility index (Phi) is 5.26. The van der Waals surface area contributed by atoms with Crippen molar-refractivity contribution in [2.45, 2.75) is 24.9 Å². The first kappa shape index (κ1) is 15.9. The van der Waals surface area contributed by atoms with Crippen molar-refractivity contribution in [1.82, 2.24) is 10.3 Å². The van der Waals surface area contributed by atoms with Crippen LogP contribution in [0.3, 0.4) is 0 Å². The van der Waals surface area contributed by atoms with E-state index in [1.54, 1.807) is 12.1 Å². The lowest BCUT2D eigenvalue weighted by Crippen LogP contribution is -2.27. The number of thioether (sulfide) groups is 1. The lowest BCUT2D eigenvalue weighted by Gasteiger charge is -2.17. The molecule has 1 heterocycles. The fourth-order valence-corrected chi connectivity index (χ4v) is 2.94. The van der Waals surface area contributed by atoms with Gasteiger partial charge in [0.1, 0.15) is 10.2 Å². The van der Waals surface area contributed by atoms with E-state index in [1.807, 2.05) is 44.4 Å². The van der Waals surface area contributed by atoms with E-state index in [0.717, 1.165) is 11.1 Å². The summed E-state index contributed by atoms with van der Waals surface area (Å²) in [4.78, 5) is 16.6. The van der Waals surface area contributed by atoms with E-state index >= 15 is 0 Å². The summed E-state index contributed by atoms with van der Waals surface area (Å²) >= 11 is 7.27. The molecule has 0 unspecified atom stereocenters. The van der Waals surface area contributed by atoms with Crippen LogP contribution in [0.1, 0.15) is 34.5 Å². The molecule has 1 N–H and O–H groups in total. The molecule has 1 atom stereocenters. The van der Waals surface area contributed by atoms with Gasteiger partial charge in [-0.25, -0.2) is 4.98 Å². The quantitative estimate of drug-likeness (QED) is 0.676. The van der Waals surface area contributed by atoms with Gasteiger partial charge in [-0.2, -0.15) is 0 Å². The number of nitrogens with one attached hydrogen (secondary N) is 1. The summed E-state index contributed by atoms with van der Waals surface area (Å²) in [6.45, 7) is 4.01. The molecule has 2 rings (SSSR count). The predicted molar refractivity (Wildman–Crippen MR) is 88.1 cm³/mol. The van der Waals surface area contributed by atoms with Gasteiger partial charge in [0.05, 0.1) is 11.6 Å². The van der Waals surface area contributed by atoms with E-state index in [2.05, 4.69) is 10.3 Å². The minimum atomic E-state index is -0.140. The zero-order chi connectivity index (χ0) is 15.4. The number of carbonyl (C=O) groups excluding carboxylic acids is 1. The zero-order valence-corrected chi connectivity index (χ0v) is 13.8. The number of aryl methyl sites for hydroxylation is 1. The van der Waals surface area contributed by atoms with Crippen molar-refractivity contribution in [2.24, 2.45) is 0 Å². The molecule has 1 amide bonds. The summed E-state index contributed by atoms with van der Waals surface area (Å²) in [5.74, 6) is -0.140. The minimum Gasteiger partial charge on any atom is -0.345 e. The third kappa shape index (κ3) is 3.77. The number of nitrogens with zero attached hydrogens (tertiary/aromatic N) is 1. The van der Waals surface area contributed by atoms with Crippen LogP contribution in [-0.4, -0.2) is 17.1 Å². The molecule has 1 aromatic heterocycles. The Morgan fingerprint density at radius 1 is 1.29 bits per heavy atom. The van der Waals surface area contributed by atoms with E-state index in [-0.39, 0.29) is 11.9 Å². The SMILES string of the molecule is CSc1nc(Cl)ccc1C(=O)N[C@H](C)c1ccccc1C. The van der Waals surface area contributed by atoms with Gasteiger partial charge in [-0.3, -0.25) is 4.79 Å². The standard InChI is InChI=1S/C16H17ClN2OS/c1-10-6-4-5-7-12(10)11(2)18-15(20)13-8-9-14(17)19-16(13)21-3/h4-9,11H,1-3H3,(H,18,20)/t11-/m1/s1. The Bertz CT molecular complexity index is 660. The smallest absolute Gasteiger partial charge is 0.254 e. The molecule has 21 heavy (non-hydrogen) atoms. The fourth-order valence-electron chi connectivity index (χ4n) is 2.17. The molecule has 3 nitrogen and oxygen atoms in total. The lowest BCUT2D eigenvalue weighted by molar-refractivity contribution is 0.0936. The van der Waals surface area contributed by atoms with Gasteiger partial charge in [-0.15, -0.1) is 11.8 Å². The van der Waals surface area contributed by atoms with Gasteiger partial charge in [-0.1, -0.05) is 35.9 Å². The van der Waals surface area contributed by atoms with E-state index in [4.69, 9.17) is 11.6 Å². The second-order valence-corrected chi connectivity index (χ2v) is 5.92. The van der Waals surface area contributed by atoms with Crippen LogP contribution in [0.5, 0.6) is 0 Å². The van der Waals surface area contributed by atoms with Crippen LogP contribution in [-0.2, 0) is 0 Å². The Morgan fingerprint density at radius 2 is 2.00 bits per heavy atom. The van der Waals surface area contributed by atoms with Gasteiger partial charge in [0.15, 0.2) is 0 Å². The Labute approximate surface area is 134 Å². The molecule has 0 saturated carbocycles. The maximum absolute atomic E-state index is 12.4. The summed E-state index contributed by atoms with van der Waals surface area (Å²) in [5.41, 5.74) is 2.82. The molecule has 110 valence electrons. The molecule has 0 aliphatic carbocycles. The number of benzene rings is 1. The summed E-state index contributed by atoms with van der Waals surface area (Å²) < 4.78 is 0. The molecular weight excluding hydrogens is 304 g/mol. The Balaban J connectivity index is 2.20. The summed E-state index contributed by atoms with van der Waals surface area (Å²) in [7, 11) is 0. The van der Waals surface area contributed by atoms with Crippen LogP contribution in [0.15, 0.2) is 41.4 Å². The molecular formula is C16H17ClN2OS. The van der Waals surface area contributed by atoms with E-state index in [9.17, 15) is 4.79 Å². The molecule has 0 radical (unpaired) electrons. The second kappa shape index (κ2) is 6.96. The normalized spacial score (nSPS) is 12.0. The van der Waals surface area contributed by atoms with E-state index in [0.29, 0.717) is 15.7 Å². The Hall–Kier alpha value is -1.52. The van der Waals surface area contributed by atoms with Crippen LogP contribution in [0.25, 0.3) is 0 Å². The van der Waals surface area contributed by atoms with Crippen molar-refractivity contribution in [1.29, 1.82) is 0 Å². The number of hydrogen-bond donors (Lipinski definition) is 1. The zero-order valence-electron chi connectivity index (χ0n) is 12.2. The van der Waals surface area contributed by atoms with Crippen LogP contribution in [0.2, 0.25) is 5.15 Å². The molecule has 0 fully saturated rings. The molecule has 0 spiro atoms. The van der Waals surface area contributed by atoms with Gasteiger partial charge in [0.25, 0.3) is 5.91 Å². The number of carbonyl (C=O) groups is 1. The van der Waals surface area contributed by atoms with Crippen LogP contribution in [0, 0.1) is 6.92 Å². The van der Waals surface area contributed by atoms with Crippen molar-refractivity contribution in [3.63, 3.8) is 0 Å². The number of amides is 1. The highest BCUT2D eigenvalue weighted by Gasteiger charge is 2.16. The predicted octanol–water partition coefficient (Wildman–Crippen LogP) is 4.26. The highest BCUT2D eigenvalue weighted by atomic mass is 35.5. The number of aromatic nitrogens is 1. The van der Waals surface area contributed by atoms with Crippen molar-refractivity contribution in [3.05, 3.63) is 58.2 Å². The van der Waals surface area contributed by atoms with Crippen LogP contribution >= 0.6 is 23.4 Å². The van der Waals surface area contributed by atoms with Gasteiger partial charge < -0.3 is 5.32 Å². The third-order valence-corrected chi connectivity index (χ3v) is 4.18. The average Bonchev–Trinajstić information content (AvgIpc) is 2.47. The molecule has 0 aliphatic heterocycles. The first-order chi connectivity index (χ1) is 10.0. The Morgan fingerprint density at radius 3 is 2.67 bits per heavy atom. The van der Waals surface area contributed by atoms with Crippen molar-refractivity contribution >= 4 is 29.3 Å². The van der Waals surface area contributed by atoms with Gasteiger partial charge in [-0.05, 0) is 43.4 Å². The summed E-state index contributed by atoms with van der Waals surface area (Å²) in [6.07, 6.45) is 1.88. The number of halogens is 1. The molecule has 1 aromatic carbocycles. The van der Waals surface area contributed by atoms with E-state index < -0.39 is 0 Å². The minimum absolute atomic E-state index is 0.0657. The number of pyridine rings is 1. The molecule has 0 bridgehead atoms.